The van der Waals surface area contributed by atoms with Crippen molar-refractivity contribution in [2.45, 2.75) is 52.9 Å². The van der Waals surface area contributed by atoms with Crippen LogP contribution >= 0.6 is 15.9 Å². The molecule has 0 heterocycles. The van der Waals surface area contributed by atoms with E-state index in [1.165, 1.54) is 24.0 Å². The number of benzene rings is 2. The summed E-state index contributed by atoms with van der Waals surface area (Å²) in [5.74, 6) is 0.910. The summed E-state index contributed by atoms with van der Waals surface area (Å²) >= 11 is 3.56. The van der Waals surface area contributed by atoms with Gasteiger partial charge in [-0.05, 0) is 83.9 Å². The monoisotopic (exact) mass is 417 g/mol. The molecule has 1 N–H and O–H groups in total. The van der Waals surface area contributed by atoms with Gasteiger partial charge in [-0.25, -0.2) is 0 Å². The van der Waals surface area contributed by atoms with E-state index in [9.17, 15) is 4.79 Å². The first kappa shape index (κ1) is 20.5. The van der Waals surface area contributed by atoms with E-state index in [0.29, 0.717) is 19.4 Å². The van der Waals surface area contributed by atoms with E-state index in [1.807, 2.05) is 26.0 Å². The fourth-order valence-electron chi connectivity index (χ4n) is 2.69. The summed E-state index contributed by atoms with van der Waals surface area (Å²) in [7, 11) is 0. The van der Waals surface area contributed by atoms with E-state index in [-0.39, 0.29) is 5.91 Å². The molecule has 0 saturated carbocycles. The van der Waals surface area contributed by atoms with Crippen LogP contribution in [0.25, 0.3) is 0 Å². The highest BCUT2D eigenvalue weighted by Gasteiger charge is 2.07. The summed E-state index contributed by atoms with van der Waals surface area (Å²) in [6, 6.07) is 12.3. The number of amides is 1. The maximum Gasteiger partial charge on any atom is 0.224 e. The number of unbranched alkanes of at least 4 members (excludes halogenated alkanes) is 1. The van der Waals surface area contributed by atoms with Crippen LogP contribution in [0.4, 0.5) is 5.69 Å². The lowest BCUT2D eigenvalue weighted by atomic mass is 10.1. The third-order valence-electron chi connectivity index (χ3n) is 4.28. The summed E-state index contributed by atoms with van der Waals surface area (Å²) in [5.41, 5.74) is 4.41. The molecule has 1 amide bonds. The molecule has 3 nitrogen and oxygen atoms in total. The van der Waals surface area contributed by atoms with Crippen molar-refractivity contribution in [2.75, 3.05) is 11.9 Å². The fourth-order valence-corrected chi connectivity index (χ4v) is 3.21. The molecule has 0 fully saturated rings. The smallest absolute Gasteiger partial charge is 0.224 e. The number of hydrogen-bond donors (Lipinski definition) is 1. The fraction of sp³-hybridized carbons (Fsp3) is 0.409. The Morgan fingerprint density at radius 3 is 2.65 bits per heavy atom. The molecule has 0 spiro atoms. The third-order valence-corrected chi connectivity index (χ3v) is 4.93. The normalized spacial score (nSPS) is 10.6. The van der Waals surface area contributed by atoms with E-state index >= 15 is 0 Å². The highest BCUT2D eigenvalue weighted by molar-refractivity contribution is 9.10. The zero-order valence-electron chi connectivity index (χ0n) is 15.9. The summed E-state index contributed by atoms with van der Waals surface area (Å²) in [4.78, 5) is 12.2. The zero-order chi connectivity index (χ0) is 18.9. The quantitative estimate of drug-likeness (QED) is 0.492. The first-order valence-corrected chi connectivity index (χ1v) is 10.1. The largest absolute Gasteiger partial charge is 0.493 e. The average Bonchev–Trinajstić information content (AvgIpc) is 2.61. The Labute approximate surface area is 165 Å². The van der Waals surface area contributed by atoms with Gasteiger partial charge in [-0.1, -0.05) is 31.5 Å². The first-order valence-electron chi connectivity index (χ1n) is 9.28. The molecule has 0 aliphatic heterocycles. The zero-order valence-corrected chi connectivity index (χ0v) is 17.5. The topological polar surface area (TPSA) is 38.3 Å². The second-order valence-corrected chi connectivity index (χ2v) is 7.54. The van der Waals surface area contributed by atoms with Crippen LogP contribution in [-0.4, -0.2) is 12.5 Å². The van der Waals surface area contributed by atoms with E-state index in [0.717, 1.165) is 27.9 Å². The molecule has 2 aromatic rings. The van der Waals surface area contributed by atoms with Gasteiger partial charge in [-0.3, -0.25) is 4.79 Å². The maximum absolute atomic E-state index is 12.2. The molecule has 0 atom stereocenters. The van der Waals surface area contributed by atoms with Crippen LogP contribution in [0.1, 0.15) is 49.3 Å². The van der Waals surface area contributed by atoms with E-state index in [1.54, 1.807) is 0 Å². The number of carbonyl (C=O) groups excluding carboxylic acids is 1. The van der Waals surface area contributed by atoms with Gasteiger partial charge >= 0.3 is 0 Å². The molecule has 0 aliphatic carbocycles. The van der Waals surface area contributed by atoms with Crippen molar-refractivity contribution in [3.63, 3.8) is 0 Å². The molecular weight excluding hydrogens is 390 g/mol. The van der Waals surface area contributed by atoms with Crippen molar-refractivity contribution in [3.05, 3.63) is 57.6 Å². The summed E-state index contributed by atoms with van der Waals surface area (Å²) in [6.07, 6.45) is 4.55. The second-order valence-electron chi connectivity index (χ2n) is 6.69. The third kappa shape index (κ3) is 6.49. The molecule has 2 aromatic carbocycles. The number of rotatable bonds is 9. The standard InChI is InChI=1S/C22H28BrNO2/c1-4-5-7-18-11-12-20(19(23)15-18)24-22(25)8-6-13-26-21-14-16(2)9-10-17(21)3/h9-12,14-15H,4-8,13H2,1-3H3,(H,24,25). The van der Waals surface area contributed by atoms with Crippen LogP contribution in [-0.2, 0) is 11.2 Å². The van der Waals surface area contributed by atoms with Gasteiger partial charge in [0, 0.05) is 10.9 Å². The Morgan fingerprint density at radius 1 is 1.12 bits per heavy atom. The predicted octanol–water partition coefficient (Wildman–Crippen LogP) is 6.21. The average molecular weight is 418 g/mol. The number of aryl methyl sites for hydroxylation is 3. The molecule has 4 heteroatoms. The maximum atomic E-state index is 12.2. The van der Waals surface area contributed by atoms with E-state index in [2.05, 4.69) is 52.4 Å². The van der Waals surface area contributed by atoms with Gasteiger partial charge in [0.15, 0.2) is 0 Å². The lowest BCUT2D eigenvalue weighted by Crippen LogP contribution is -2.13. The number of hydrogen-bond acceptors (Lipinski definition) is 2. The van der Waals surface area contributed by atoms with Gasteiger partial charge in [0.2, 0.25) is 5.91 Å². The van der Waals surface area contributed by atoms with Gasteiger partial charge in [-0.15, -0.1) is 0 Å². The molecule has 0 unspecified atom stereocenters. The van der Waals surface area contributed by atoms with Gasteiger partial charge in [0.05, 0.1) is 12.3 Å². The minimum atomic E-state index is 0.0107. The Bertz CT molecular complexity index is 743. The van der Waals surface area contributed by atoms with E-state index in [4.69, 9.17) is 4.74 Å². The van der Waals surface area contributed by atoms with Crippen molar-refractivity contribution in [1.82, 2.24) is 0 Å². The van der Waals surface area contributed by atoms with Crippen molar-refractivity contribution in [1.29, 1.82) is 0 Å². The van der Waals surface area contributed by atoms with Crippen LogP contribution in [0.5, 0.6) is 5.75 Å². The number of nitrogens with one attached hydrogen (secondary N) is 1. The minimum absolute atomic E-state index is 0.0107. The van der Waals surface area contributed by atoms with Crippen molar-refractivity contribution in [3.8, 4) is 5.75 Å². The highest BCUT2D eigenvalue weighted by atomic mass is 79.9. The SMILES string of the molecule is CCCCc1ccc(NC(=O)CCCOc2cc(C)ccc2C)c(Br)c1. The van der Waals surface area contributed by atoms with Crippen molar-refractivity contribution < 1.29 is 9.53 Å². The number of anilines is 1. The van der Waals surface area contributed by atoms with Gasteiger partial charge in [-0.2, -0.15) is 0 Å². The predicted molar refractivity (Wildman–Crippen MR) is 112 cm³/mol. The summed E-state index contributed by atoms with van der Waals surface area (Å²) in [6.45, 7) is 6.80. The Morgan fingerprint density at radius 2 is 1.92 bits per heavy atom. The molecular formula is C22H28BrNO2. The van der Waals surface area contributed by atoms with Crippen molar-refractivity contribution >= 4 is 27.5 Å². The molecule has 0 radical (unpaired) electrons. The van der Waals surface area contributed by atoms with Gasteiger partial charge in [0.25, 0.3) is 0 Å². The Balaban J connectivity index is 1.77. The molecule has 0 bridgehead atoms. The number of halogens is 1. The van der Waals surface area contributed by atoms with Crippen LogP contribution < -0.4 is 10.1 Å². The summed E-state index contributed by atoms with van der Waals surface area (Å²) < 4.78 is 6.74. The minimum Gasteiger partial charge on any atom is -0.493 e. The molecule has 0 saturated heterocycles. The van der Waals surface area contributed by atoms with Crippen LogP contribution in [0, 0.1) is 13.8 Å². The van der Waals surface area contributed by atoms with Gasteiger partial charge in [0.1, 0.15) is 5.75 Å². The Kier molecular flexibility index (Phi) is 8.17. The molecule has 2 rings (SSSR count). The van der Waals surface area contributed by atoms with Crippen molar-refractivity contribution in [2.24, 2.45) is 0 Å². The molecule has 0 aromatic heterocycles. The van der Waals surface area contributed by atoms with Crippen LogP contribution in [0.3, 0.4) is 0 Å². The lowest BCUT2D eigenvalue weighted by Gasteiger charge is -2.11. The Hall–Kier alpha value is -1.81. The molecule has 0 aliphatic rings. The molecule has 26 heavy (non-hydrogen) atoms. The number of ether oxygens (including phenoxy) is 1. The lowest BCUT2D eigenvalue weighted by molar-refractivity contribution is -0.116. The van der Waals surface area contributed by atoms with Crippen LogP contribution in [0.2, 0.25) is 0 Å². The summed E-state index contributed by atoms with van der Waals surface area (Å²) in [5, 5.41) is 2.97. The number of carbonyl (C=O) groups is 1. The van der Waals surface area contributed by atoms with Crippen LogP contribution in [0.15, 0.2) is 40.9 Å². The highest BCUT2D eigenvalue weighted by Crippen LogP contribution is 2.25. The second kappa shape index (κ2) is 10.4. The van der Waals surface area contributed by atoms with E-state index < -0.39 is 0 Å². The first-order chi connectivity index (χ1) is 12.5. The molecule has 140 valence electrons. The van der Waals surface area contributed by atoms with Gasteiger partial charge < -0.3 is 10.1 Å².